The van der Waals surface area contributed by atoms with Gasteiger partial charge < -0.3 is 0 Å². The van der Waals surface area contributed by atoms with Crippen molar-refractivity contribution >= 4 is 54.9 Å². The molecule has 0 spiro atoms. The highest BCUT2D eigenvalue weighted by atomic mass is 32.1. The molecule has 0 aliphatic heterocycles. The highest BCUT2D eigenvalue weighted by Gasteiger charge is 2.37. The van der Waals surface area contributed by atoms with Gasteiger partial charge in [-0.1, -0.05) is 167 Å². The van der Waals surface area contributed by atoms with Crippen LogP contribution in [0.3, 0.4) is 0 Å². The average Bonchev–Trinajstić information content (AvgIpc) is 3.92. The summed E-state index contributed by atoms with van der Waals surface area (Å²) in [6.07, 6.45) is -4.42. The highest BCUT2D eigenvalue weighted by Crippen LogP contribution is 2.54. The van der Waals surface area contributed by atoms with Crippen LogP contribution in [0.15, 0.2) is 170 Å². The highest BCUT2D eigenvalue weighted by molar-refractivity contribution is 7.20. The topological polar surface area (TPSA) is 25.8 Å². The number of rotatable bonds is 4. The second-order valence-corrected chi connectivity index (χ2v) is 20.7. The molecule has 0 atom stereocenters. The molecule has 13 rings (SSSR count). The number of benzene rings is 9. The van der Waals surface area contributed by atoms with Gasteiger partial charge in [0.05, 0.1) is 26.4 Å². The van der Waals surface area contributed by atoms with Crippen molar-refractivity contribution in [3.63, 3.8) is 0 Å². The molecule has 0 saturated carbocycles. The van der Waals surface area contributed by atoms with Crippen molar-refractivity contribution in [1.82, 2.24) is 9.97 Å². The van der Waals surface area contributed by atoms with Gasteiger partial charge in [0.2, 0.25) is 0 Å². The molecule has 68 heavy (non-hydrogen) atoms. The third-order valence-electron chi connectivity index (χ3n) is 15.0. The molecule has 0 amide bonds. The van der Waals surface area contributed by atoms with Gasteiger partial charge in [0.1, 0.15) is 11.0 Å². The Labute approximate surface area is 396 Å². The van der Waals surface area contributed by atoms with E-state index in [-0.39, 0.29) is 10.8 Å². The zero-order valence-corrected chi connectivity index (χ0v) is 38.9. The summed E-state index contributed by atoms with van der Waals surface area (Å²) in [5.41, 5.74) is 19.7. The number of nitrogens with zero attached hydrogens (tertiary/aromatic N) is 2. The van der Waals surface area contributed by atoms with Crippen molar-refractivity contribution in [3.8, 4) is 65.4 Å². The monoisotopic (exact) mass is 904 g/mol. The average molecular weight is 905 g/mol. The zero-order valence-electron chi connectivity index (χ0n) is 38.1. The summed E-state index contributed by atoms with van der Waals surface area (Å²) in [4.78, 5) is 13.6. The Morgan fingerprint density at radius 3 is 1.24 bits per heavy atom. The smallest absolute Gasteiger partial charge is 0.242 e. The van der Waals surface area contributed by atoms with Crippen molar-refractivity contribution in [2.24, 2.45) is 0 Å². The maximum absolute atomic E-state index is 13.7. The van der Waals surface area contributed by atoms with E-state index in [1.807, 2.05) is 6.07 Å². The van der Waals surface area contributed by atoms with Gasteiger partial charge in [0, 0.05) is 21.6 Å². The Morgan fingerprint density at radius 1 is 0.382 bits per heavy atom. The Kier molecular flexibility index (Phi) is 8.59. The molecular weight excluding hydrogens is 862 g/mol. The molecule has 0 saturated heterocycles. The molecule has 0 N–H and O–H groups in total. The van der Waals surface area contributed by atoms with E-state index in [2.05, 4.69) is 174 Å². The third kappa shape index (κ3) is 5.96. The van der Waals surface area contributed by atoms with Crippen LogP contribution in [0.5, 0.6) is 0 Å². The maximum Gasteiger partial charge on any atom is 0.416 e. The van der Waals surface area contributed by atoms with E-state index in [0.29, 0.717) is 5.56 Å². The molecule has 0 fully saturated rings. The molecule has 2 aromatic heterocycles. The molecule has 11 aromatic rings. The van der Waals surface area contributed by atoms with Gasteiger partial charge in [-0.25, -0.2) is 9.97 Å². The fourth-order valence-electron chi connectivity index (χ4n) is 11.3. The normalized spacial score (nSPS) is 14.4. The molecule has 0 radical (unpaired) electrons. The van der Waals surface area contributed by atoms with Gasteiger partial charge >= 0.3 is 6.18 Å². The Balaban J connectivity index is 1.09. The fraction of sp³-hybridized carbons (Fsp3) is 0.129. The number of alkyl halides is 3. The summed E-state index contributed by atoms with van der Waals surface area (Å²) < 4.78 is 41.0. The summed E-state index contributed by atoms with van der Waals surface area (Å²) in [7, 11) is 0. The fourth-order valence-corrected chi connectivity index (χ4v) is 12.5. The van der Waals surface area contributed by atoms with E-state index in [9.17, 15) is 13.2 Å². The minimum Gasteiger partial charge on any atom is -0.242 e. The molecule has 0 bridgehead atoms. The van der Waals surface area contributed by atoms with Crippen LogP contribution in [0.2, 0.25) is 0 Å². The predicted molar refractivity (Wildman–Crippen MR) is 277 cm³/mol. The van der Waals surface area contributed by atoms with Gasteiger partial charge in [-0.3, -0.25) is 0 Å². The van der Waals surface area contributed by atoms with Crippen molar-refractivity contribution in [1.29, 1.82) is 0 Å². The molecule has 2 aliphatic carbocycles. The maximum atomic E-state index is 13.7. The molecule has 6 heteroatoms. The minimum atomic E-state index is -4.42. The minimum absolute atomic E-state index is 0.180. The quantitative estimate of drug-likeness (QED) is 0.164. The molecule has 9 aromatic carbocycles. The summed E-state index contributed by atoms with van der Waals surface area (Å²) in [6, 6.07) is 58.0. The molecule has 2 aliphatic rings. The summed E-state index contributed by atoms with van der Waals surface area (Å²) in [6.45, 7) is 11.4. The molecule has 2 nitrogen and oxygen atoms in total. The van der Waals surface area contributed by atoms with Gasteiger partial charge in [-0.2, -0.15) is 13.2 Å². The number of fused-ring (bicyclic) bond motifs is 13. The van der Waals surface area contributed by atoms with Crippen LogP contribution in [-0.2, 0) is 17.0 Å². The lowest BCUT2D eigenvalue weighted by Crippen LogP contribution is -2.14. The van der Waals surface area contributed by atoms with Crippen LogP contribution in [-0.4, -0.2) is 9.97 Å². The first-order valence-electron chi connectivity index (χ1n) is 23.1. The second kappa shape index (κ2) is 14.3. The number of thiophene rings is 1. The largest absolute Gasteiger partial charge is 0.416 e. The lowest BCUT2D eigenvalue weighted by molar-refractivity contribution is -0.137. The van der Waals surface area contributed by atoms with E-state index >= 15 is 0 Å². The van der Waals surface area contributed by atoms with Crippen molar-refractivity contribution < 1.29 is 13.2 Å². The van der Waals surface area contributed by atoms with Crippen LogP contribution >= 0.6 is 11.3 Å². The van der Waals surface area contributed by atoms with Crippen molar-refractivity contribution in [3.05, 3.63) is 203 Å². The van der Waals surface area contributed by atoms with Crippen LogP contribution in [0.1, 0.15) is 61.1 Å². The van der Waals surface area contributed by atoms with E-state index in [1.165, 1.54) is 50.1 Å². The SMILES string of the molecule is Cc1ccc(-c2ccc3c(c2)c2cc(-c4ccc(C(F)(F)F)cc4)ccc2c2nc4c(-c5ccc6c(c5)C(C)(C)c5ccccc5-6)sc(-c5ccc6c(c5)C(C)(C)c5ccccc5-6)c4nc32)cc1. The van der Waals surface area contributed by atoms with Gasteiger partial charge in [0.15, 0.2) is 0 Å². The first-order chi connectivity index (χ1) is 32.7. The lowest BCUT2D eigenvalue weighted by atomic mass is 9.82. The van der Waals surface area contributed by atoms with E-state index in [1.54, 1.807) is 23.5 Å². The Bertz CT molecular complexity index is 3950. The molecule has 2 heterocycles. The standard InChI is InChI=1S/C62H43F3N2S/c1-34-14-16-35(17-15-34)37-20-28-46-48(30-37)49-31-38(36-18-24-41(25-19-36)62(63,64)65)21-29-47(49)55-54(46)66-56-57(67-55)59(40-23-27-45-43-11-7-9-13-51(43)61(4,5)53(45)33-40)68-58(56)39-22-26-44-42-10-6-8-12-50(42)60(2,3)52(44)32-39/h6-33H,1-5H3. The summed E-state index contributed by atoms with van der Waals surface area (Å²) in [5.74, 6) is 0. The Hall–Kier alpha value is -7.41. The lowest BCUT2D eigenvalue weighted by Gasteiger charge is -2.22. The Morgan fingerprint density at radius 2 is 0.779 bits per heavy atom. The molecule has 328 valence electrons. The van der Waals surface area contributed by atoms with E-state index < -0.39 is 11.7 Å². The van der Waals surface area contributed by atoms with Crippen LogP contribution in [0.25, 0.3) is 109 Å². The summed E-state index contributed by atoms with van der Waals surface area (Å²) >= 11 is 1.76. The predicted octanol–water partition coefficient (Wildman–Crippen LogP) is 17.8. The van der Waals surface area contributed by atoms with Crippen LogP contribution in [0, 0.1) is 6.92 Å². The molecular formula is C62H43F3N2S. The van der Waals surface area contributed by atoms with Gasteiger partial charge in [0.25, 0.3) is 0 Å². The number of aryl methyl sites for hydroxylation is 1. The van der Waals surface area contributed by atoms with Crippen LogP contribution in [0.4, 0.5) is 13.2 Å². The molecule has 0 unspecified atom stereocenters. The second-order valence-electron chi connectivity index (χ2n) is 19.7. The first kappa shape index (κ1) is 40.8. The number of halogens is 3. The zero-order chi connectivity index (χ0) is 46.4. The third-order valence-corrected chi connectivity index (χ3v) is 16.3. The van der Waals surface area contributed by atoms with Crippen molar-refractivity contribution in [2.75, 3.05) is 0 Å². The van der Waals surface area contributed by atoms with Gasteiger partial charge in [-0.15, -0.1) is 11.3 Å². The first-order valence-corrected chi connectivity index (χ1v) is 23.9. The van der Waals surface area contributed by atoms with E-state index in [0.717, 1.165) is 93.3 Å². The number of hydrogen-bond donors (Lipinski definition) is 0. The van der Waals surface area contributed by atoms with Crippen molar-refractivity contribution in [2.45, 2.75) is 51.6 Å². The van der Waals surface area contributed by atoms with E-state index in [4.69, 9.17) is 9.97 Å². The number of aromatic nitrogens is 2. The van der Waals surface area contributed by atoms with Gasteiger partial charge in [-0.05, 0) is 132 Å². The number of hydrogen-bond acceptors (Lipinski definition) is 3. The van der Waals surface area contributed by atoms with Crippen LogP contribution < -0.4 is 0 Å². The summed E-state index contributed by atoms with van der Waals surface area (Å²) in [5, 5.41) is 3.85.